The van der Waals surface area contributed by atoms with E-state index < -0.39 is 0 Å². The molecule has 0 saturated carbocycles. The standard InChI is InChI=1S/C8H15NO3/c1-6(5-10)9-8(11)7-3-2-4-12-7/h6-7,10H,2-5H2,1H3,(H,9,11)/t6-,7?/m0/s1. The van der Waals surface area contributed by atoms with Crippen LogP contribution in [0.2, 0.25) is 0 Å². The maximum Gasteiger partial charge on any atom is 0.249 e. The summed E-state index contributed by atoms with van der Waals surface area (Å²) in [7, 11) is 0. The molecule has 1 rings (SSSR count). The van der Waals surface area contributed by atoms with Crippen molar-refractivity contribution in [1.82, 2.24) is 5.32 Å². The van der Waals surface area contributed by atoms with Crippen LogP contribution in [0, 0.1) is 0 Å². The minimum absolute atomic E-state index is 0.0293. The monoisotopic (exact) mass is 173 g/mol. The summed E-state index contributed by atoms with van der Waals surface area (Å²) in [5.74, 6) is -0.103. The number of hydrogen-bond donors (Lipinski definition) is 2. The van der Waals surface area contributed by atoms with Gasteiger partial charge in [0.2, 0.25) is 5.91 Å². The number of carbonyl (C=O) groups excluding carboxylic acids is 1. The molecule has 70 valence electrons. The molecule has 0 aromatic rings. The summed E-state index contributed by atoms with van der Waals surface area (Å²) < 4.78 is 5.17. The fourth-order valence-electron chi connectivity index (χ4n) is 1.17. The number of rotatable bonds is 3. The van der Waals surface area contributed by atoms with Gasteiger partial charge < -0.3 is 15.2 Å². The SMILES string of the molecule is C[C@@H](CO)NC(=O)C1CCCO1. The number of hydrogen-bond acceptors (Lipinski definition) is 3. The number of carbonyl (C=O) groups is 1. The lowest BCUT2D eigenvalue weighted by molar-refractivity contribution is -0.130. The molecule has 1 aliphatic rings. The van der Waals surface area contributed by atoms with E-state index in [1.807, 2.05) is 0 Å². The van der Waals surface area contributed by atoms with Crippen LogP contribution in [0.5, 0.6) is 0 Å². The lowest BCUT2D eigenvalue weighted by Gasteiger charge is -2.14. The van der Waals surface area contributed by atoms with Crippen LogP contribution in [0.1, 0.15) is 19.8 Å². The van der Waals surface area contributed by atoms with Gasteiger partial charge in [0.05, 0.1) is 6.61 Å². The average Bonchev–Trinajstić information content (AvgIpc) is 2.56. The van der Waals surface area contributed by atoms with Crippen LogP contribution in [-0.2, 0) is 9.53 Å². The van der Waals surface area contributed by atoms with Crippen molar-refractivity contribution < 1.29 is 14.6 Å². The smallest absolute Gasteiger partial charge is 0.249 e. The van der Waals surface area contributed by atoms with Gasteiger partial charge in [0.25, 0.3) is 0 Å². The number of aliphatic hydroxyl groups excluding tert-OH is 1. The van der Waals surface area contributed by atoms with Crippen LogP contribution >= 0.6 is 0 Å². The normalized spacial score (nSPS) is 25.3. The molecule has 4 nitrogen and oxygen atoms in total. The molecule has 12 heavy (non-hydrogen) atoms. The molecule has 1 unspecified atom stereocenters. The van der Waals surface area contributed by atoms with Crippen LogP contribution in [0.4, 0.5) is 0 Å². The van der Waals surface area contributed by atoms with Gasteiger partial charge in [-0.3, -0.25) is 4.79 Å². The third-order valence-corrected chi connectivity index (χ3v) is 1.88. The highest BCUT2D eigenvalue weighted by Crippen LogP contribution is 2.11. The van der Waals surface area contributed by atoms with Gasteiger partial charge in [-0.15, -0.1) is 0 Å². The maximum atomic E-state index is 11.3. The molecule has 1 heterocycles. The lowest BCUT2D eigenvalue weighted by atomic mass is 10.2. The predicted molar refractivity (Wildman–Crippen MR) is 43.7 cm³/mol. The minimum Gasteiger partial charge on any atom is -0.394 e. The molecule has 0 spiro atoms. The quantitative estimate of drug-likeness (QED) is 0.614. The number of amides is 1. The van der Waals surface area contributed by atoms with E-state index in [9.17, 15) is 4.79 Å². The number of ether oxygens (including phenoxy) is 1. The predicted octanol–water partition coefficient (Wildman–Crippen LogP) is -0.338. The molecular formula is C8H15NO3. The molecule has 1 aliphatic heterocycles. The Hall–Kier alpha value is -0.610. The Kier molecular flexibility index (Phi) is 3.49. The van der Waals surface area contributed by atoms with Crippen molar-refractivity contribution in [3.63, 3.8) is 0 Å². The Morgan fingerprint density at radius 1 is 1.83 bits per heavy atom. The molecule has 1 amide bonds. The van der Waals surface area contributed by atoms with E-state index in [0.29, 0.717) is 6.61 Å². The van der Waals surface area contributed by atoms with Gasteiger partial charge in [0, 0.05) is 12.6 Å². The largest absolute Gasteiger partial charge is 0.394 e. The van der Waals surface area contributed by atoms with Crippen LogP contribution in [0.3, 0.4) is 0 Å². The molecule has 0 aromatic carbocycles. The molecule has 2 atom stereocenters. The Morgan fingerprint density at radius 3 is 3.08 bits per heavy atom. The van der Waals surface area contributed by atoms with E-state index in [1.165, 1.54) is 0 Å². The van der Waals surface area contributed by atoms with Gasteiger partial charge in [-0.25, -0.2) is 0 Å². The molecule has 0 bridgehead atoms. The third-order valence-electron chi connectivity index (χ3n) is 1.88. The van der Waals surface area contributed by atoms with Crippen molar-refractivity contribution in [3.8, 4) is 0 Å². The second-order valence-corrected chi connectivity index (χ2v) is 3.09. The lowest BCUT2D eigenvalue weighted by Crippen LogP contribution is -2.41. The Bertz CT molecular complexity index is 154. The van der Waals surface area contributed by atoms with Crippen molar-refractivity contribution in [2.24, 2.45) is 0 Å². The summed E-state index contributed by atoms with van der Waals surface area (Å²) in [6, 6.07) is -0.179. The summed E-state index contributed by atoms with van der Waals surface area (Å²) >= 11 is 0. The zero-order valence-corrected chi connectivity index (χ0v) is 7.25. The second-order valence-electron chi connectivity index (χ2n) is 3.09. The first-order chi connectivity index (χ1) is 5.74. The first-order valence-corrected chi connectivity index (χ1v) is 4.27. The van der Waals surface area contributed by atoms with Crippen molar-refractivity contribution in [2.75, 3.05) is 13.2 Å². The van der Waals surface area contributed by atoms with E-state index in [4.69, 9.17) is 9.84 Å². The second kappa shape index (κ2) is 4.42. The first-order valence-electron chi connectivity index (χ1n) is 4.27. The van der Waals surface area contributed by atoms with Crippen LogP contribution < -0.4 is 5.32 Å². The van der Waals surface area contributed by atoms with E-state index in [-0.39, 0.29) is 24.7 Å². The fourth-order valence-corrected chi connectivity index (χ4v) is 1.17. The molecular weight excluding hydrogens is 158 g/mol. The van der Waals surface area contributed by atoms with Crippen LogP contribution in [0.15, 0.2) is 0 Å². The highest BCUT2D eigenvalue weighted by molar-refractivity contribution is 5.81. The first kappa shape index (κ1) is 9.48. The zero-order valence-electron chi connectivity index (χ0n) is 7.25. The summed E-state index contributed by atoms with van der Waals surface area (Å²) in [4.78, 5) is 11.3. The zero-order chi connectivity index (χ0) is 8.97. The van der Waals surface area contributed by atoms with Gasteiger partial charge in [-0.1, -0.05) is 0 Å². The van der Waals surface area contributed by atoms with Gasteiger partial charge in [0.1, 0.15) is 6.10 Å². The summed E-state index contributed by atoms with van der Waals surface area (Å²) in [6.07, 6.45) is 1.45. The van der Waals surface area contributed by atoms with Gasteiger partial charge in [-0.2, -0.15) is 0 Å². The van der Waals surface area contributed by atoms with Crippen LogP contribution in [-0.4, -0.2) is 36.4 Å². The highest BCUT2D eigenvalue weighted by atomic mass is 16.5. The van der Waals surface area contributed by atoms with E-state index in [1.54, 1.807) is 6.92 Å². The van der Waals surface area contributed by atoms with Crippen LogP contribution in [0.25, 0.3) is 0 Å². The molecule has 0 aliphatic carbocycles. The summed E-state index contributed by atoms with van der Waals surface area (Å²) in [5.41, 5.74) is 0. The maximum absolute atomic E-state index is 11.3. The average molecular weight is 173 g/mol. The Morgan fingerprint density at radius 2 is 2.58 bits per heavy atom. The number of nitrogens with one attached hydrogen (secondary N) is 1. The van der Waals surface area contributed by atoms with Crippen molar-refractivity contribution in [3.05, 3.63) is 0 Å². The van der Waals surface area contributed by atoms with E-state index in [2.05, 4.69) is 5.32 Å². The Labute approximate surface area is 71.9 Å². The van der Waals surface area contributed by atoms with E-state index in [0.717, 1.165) is 12.8 Å². The molecule has 1 fully saturated rings. The topological polar surface area (TPSA) is 58.6 Å². The molecule has 1 saturated heterocycles. The summed E-state index contributed by atoms with van der Waals surface area (Å²) in [5, 5.41) is 11.3. The van der Waals surface area contributed by atoms with Crippen molar-refractivity contribution >= 4 is 5.91 Å². The molecule has 0 radical (unpaired) electrons. The van der Waals surface area contributed by atoms with Crippen molar-refractivity contribution in [2.45, 2.75) is 31.9 Å². The van der Waals surface area contributed by atoms with Crippen molar-refractivity contribution in [1.29, 1.82) is 0 Å². The highest BCUT2D eigenvalue weighted by Gasteiger charge is 2.23. The molecule has 2 N–H and O–H groups in total. The van der Waals surface area contributed by atoms with Gasteiger partial charge in [0.15, 0.2) is 0 Å². The number of aliphatic hydroxyl groups is 1. The van der Waals surface area contributed by atoms with Gasteiger partial charge in [-0.05, 0) is 19.8 Å². The van der Waals surface area contributed by atoms with Gasteiger partial charge >= 0.3 is 0 Å². The Balaban J connectivity index is 2.27. The third kappa shape index (κ3) is 2.46. The fraction of sp³-hybridized carbons (Fsp3) is 0.875. The molecule has 4 heteroatoms. The van der Waals surface area contributed by atoms with E-state index >= 15 is 0 Å². The summed E-state index contributed by atoms with van der Waals surface area (Å²) in [6.45, 7) is 2.40. The molecule has 0 aromatic heterocycles. The minimum atomic E-state index is -0.293.